The number of carboxylic acids is 1. The van der Waals surface area contributed by atoms with Crippen LogP contribution in [0.2, 0.25) is 0 Å². The van der Waals surface area contributed by atoms with Crippen LogP contribution in [0.1, 0.15) is 50.2 Å². The number of esters is 1. The molecule has 1 saturated carbocycles. The topological polar surface area (TPSA) is 123 Å². The first kappa shape index (κ1) is 25.5. The summed E-state index contributed by atoms with van der Waals surface area (Å²) in [6, 6.07) is 5.88. The summed E-state index contributed by atoms with van der Waals surface area (Å²) in [4.78, 5) is 22.4. The quantitative estimate of drug-likeness (QED) is 0.300. The lowest BCUT2D eigenvalue weighted by molar-refractivity contribution is -0.148. The molecule has 0 aliphatic heterocycles. The fraction of sp³-hybridized carbons (Fsp3) is 0.680. The van der Waals surface area contributed by atoms with E-state index >= 15 is 0 Å². The largest absolute Gasteiger partial charge is 0.482 e. The second-order valence-corrected chi connectivity index (χ2v) is 9.10. The molecule has 3 rings (SSSR count). The number of rotatable bonds is 13. The number of ether oxygens (including phenoxy) is 3. The van der Waals surface area contributed by atoms with Crippen LogP contribution in [-0.2, 0) is 31.9 Å². The first-order valence-electron chi connectivity index (χ1n) is 11.9. The number of fused-ring (bicyclic) bond motifs is 2. The molecule has 1 fully saturated rings. The van der Waals surface area contributed by atoms with E-state index in [0.717, 1.165) is 44.1 Å². The van der Waals surface area contributed by atoms with Gasteiger partial charge >= 0.3 is 11.9 Å². The maximum Gasteiger partial charge on any atom is 0.344 e. The molecule has 1 aromatic carbocycles. The predicted octanol–water partition coefficient (Wildman–Crippen LogP) is 2.36. The fourth-order valence-corrected chi connectivity index (χ4v) is 5.18. The summed E-state index contributed by atoms with van der Waals surface area (Å²) in [5, 5.41) is 29.2. The number of aliphatic carboxylic acids is 1. The molecule has 0 bridgehead atoms. The van der Waals surface area contributed by atoms with Crippen LogP contribution in [0, 0.1) is 17.8 Å². The van der Waals surface area contributed by atoms with Crippen LogP contribution in [0.5, 0.6) is 5.75 Å². The van der Waals surface area contributed by atoms with Gasteiger partial charge in [0.15, 0.2) is 6.61 Å². The van der Waals surface area contributed by atoms with E-state index in [-0.39, 0.29) is 51.0 Å². The molecule has 8 heteroatoms. The molecule has 8 nitrogen and oxygen atoms in total. The Balaban J connectivity index is 1.50. The second-order valence-electron chi connectivity index (χ2n) is 9.10. The van der Waals surface area contributed by atoms with Gasteiger partial charge in [-0.2, -0.15) is 0 Å². The summed E-state index contributed by atoms with van der Waals surface area (Å²) in [6.07, 6.45) is 4.02. The first-order valence-corrected chi connectivity index (χ1v) is 11.9. The van der Waals surface area contributed by atoms with Crippen LogP contribution in [0.3, 0.4) is 0 Å². The molecule has 0 saturated heterocycles. The van der Waals surface area contributed by atoms with E-state index in [0.29, 0.717) is 17.6 Å². The van der Waals surface area contributed by atoms with Crippen molar-refractivity contribution >= 4 is 11.9 Å². The Hall–Kier alpha value is -2.16. The monoisotopic (exact) mass is 464 g/mol. The minimum Gasteiger partial charge on any atom is -0.482 e. The third-order valence-electron chi connectivity index (χ3n) is 6.95. The van der Waals surface area contributed by atoms with Crippen molar-refractivity contribution in [3.8, 4) is 5.75 Å². The van der Waals surface area contributed by atoms with Crippen LogP contribution in [0.15, 0.2) is 18.2 Å². The van der Waals surface area contributed by atoms with E-state index in [4.69, 9.17) is 19.3 Å². The molecule has 0 spiro atoms. The van der Waals surface area contributed by atoms with Crippen molar-refractivity contribution < 1.29 is 39.1 Å². The lowest BCUT2D eigenvalue weighted by Crippen LogP contribution is -2.28. The zero-order chi connectivity index (χ0) is 23.8. The van der Waals surface area contributed by atoms with Crippen molar-refractivity contribution in [1.82, 2.24) is 0 Å². The highest BCUT2D eigenvalue weighted by molar-refractivity contribution is 5.71. The molecule has 3 N–H and O–H groups in total. The Morgan fingerprint density at radius 1 is 1.18 bits per heavy atom. The van der Waals surface area contributed by atoms with Crippen molar-refractivity contribution in [3.05, 3.63) is 29.3 Å². The third-order valence-corrected chi connectivity index (χ3v) is 6.95. The van der Waals surface area contributed by atoms with Gasteiger partial charge in [0.25, 0.3) is 0 Å². The highest BCUT2D eigenvalue weighted by atomic mass is 16.6. The summed E-state index contributed by atoms with van der Waals surface area (Å²) in [5.74, 6) is 0.222. The summed E-state index contributed by atoms with van der Waals surface area (Å²) in [5.41, 5.74) is 2.30. The molecular weight excluding hydrogens is 428 g/mol. The SMILES string of the molecule is CC[C@H](O)CC[C@@H]1[C@H]2Cc3cccc(OCC(=O)OCCOCCC(=O)O)c3C[C@H]2C[C@H]1O. The van der Waals surface area contributed by atoms with Gasteiger partial charge in [0.2, 0.25) is 0 Å². The number of aliphatic hydroxyl groups excluding tert-OH is 2. The standard InChI is InChI=1S/C25H36O8/c1-2-18(26)6-7-19-20-12-16-4-3-5-23(21(16)13-17(20)14-22(19)27)33-15-25(30)32-11-10-31-9-8-24(28)29/h3-5,17-20,22,26-27H,2,6-15H2,1H3,(H,28,29)/t17-,18-,19+,20-,22+/m0/s1. The molecule has 5 atom stereocenters. The minimum atomic E-state index is -0.934. The molecule has 0 amide bonds. The maximum absolute atomic E-state index is 12.0. The van der Waals surface area contributed by atoms with Gasteiger partial charge in [-0.1, -0.05) is 19.1 Å². The van der Waals surface area contributed by atoms with E-state index in [2.05, 4.69) is 6.07 Å². The zero-order valence-electron chi connectivity index (χ0n) is 19.3. The van der Waals surface area contributed by atoms with Gasteiger partial charge in [0.1, 0.15) is 12.4 Å². The lowest BCUT2D eigenvalue weighted by atomic mass is 9.73. The number of hydrogen-bond donors (Lipinski definition) is 3. The number of carboxylic acid groups (broad SMARTS) is 1. The molecule has 2 aliphatic rings. The normalized spacial score (nSPS) is 24.6. The summed E-state index contributed by atoms with van der Waals surface area (Å²) < 4.78 is 16.0. The third kappa shape index (κ3) is 7.16. The van der Waals surface area contributed by atoms with Gasteiger partial charge in [-0.25, -0.2) is 4.79 Å². The lowest BCUT2D eigenvalue weighted by Gasteiger charge is -2.32. The highest BCUT2D eigenvalue weighted by Crippen LogP contribution is 2.48. The van der Waals surface area contributed by atoms with E-state index in [9.17, 15) is 19.8 Å². The van der Waals surface area contributed by atoms with Gasteiger partial charge in [-0.05, 0) is 73.5 Å². The Morgan fingerprint density at radius 2 is 2.00 bits per heavy atom. The number of carbonyl (C=O) groups excluding carboxylic acids is 1. The van der Waals surface area contributed by atoms with E-state index in [1.807, 2.05) is 19.1 Å². The first-order chi connectivity index (χ1) is 15.9. The van der Waals surface area contributed by atoms with Gasteiger partial charge in [-0.15, -0.1) is 0 Å². The van der Waals surface area contributed by atoms with Gasteiger partial charge in [0, 0.05) is 0 Å². The Bertz CT molecular complexity index is 795. The second kappa shape index (κ2) is 12.3. The molecule has 0 heterocycles. The smallest absolute Gasteiger partial charge is 0.344 e. The summed E-state index contributed by atoms with van der Waals surface area (Å²) >= 11 is 0. The molecule has 0 aromatic heterocycles. The number of aliphatic hydroxyl groups is 2. The fourth-order valence-electron chi connectivity index (χ4n) is 5.18. The molecule has 184 valence electrons. The van der Waals surface area contributed by atoms with Crippen LogP contribution >= 0.6 is 0 Å². The average molecular weight is 465 g/mol. The number of carbonyl (C=O) groups is 2. The summed E-state index contributed by atoms with van der Waals surface area (Å²) in [6.45, 7) is 2.03. The predicted molar refractivity (Wildman–Crippen MR) is 120 cm³/mol. The van der Waals surface area contributed by atoms with Crippen molar-refractivity contribution in [2.24, 2.45) is 17.8 Å². The zero-order valence-corrected chi connectivity index (χ0v) is 19.3. The van der Waals surface area contributed by atoms with E-state index < -0.39 is 11.9 Å². The number of benzene rings is 1. The highest BCUT2D eigenvalue weighted by Gasteiger charge is 2.44. The van der Waals surface area contributed by atoms with Crippen molar-refractivity contribution in [2.45, 2.75) is 64.1 Å². The van der Waals surface area contributed by atoms with Gasteiger partial charge in [-0.3, -0.25) is 4.79 Å². The molecular formula is C25H36O8. The molecule has 1 aromatic rings. The van der Waals surface area contributed by atoms with E-state index in [1.165, 1.54) is 5.56 Å². The molecule has 0 radical (unpaired) electrons. The number of hydrogen-bond acceptors (Lipinski definition) is 7. The molecule has 0 unspecified atom stereocenters. The van der Waals surface area contributed by atoms with Crippen LogP contribution in [0.4, 0.5) is 0 Å². The van der Waals surface area contributed by atoms with Gasteiger partial charge < -0.3 is 29.5 Å². The minimum absolute atomic E-state index is 0.0461. The summed E-state index contributed by atoms with van der Waals surface area (Å²) in [7, 11) is 0. The molecule has 2 aliphatic carbocycles. The van der Waals surface area contributed by atoms with Crippen LogP contribution < -0.4 is 4.74 Å². The van der Waals surface area contributed by atoms with Crippen molar-refractivity contribution in [1.29, 1.82) is 0 Å². The average Bonchev–Trinajstić information content (AvgIpc) is 3.10. The van der Waals surface area contributed by atoms with Crippen LogP contribution in [-0.4, -0.2) is 65.9 Å². The van der Waals surface area contributed by atoms with Crippen LogP contribution in [0.25, 0.3) is 0 Å². The van der Waals surface area contributed by atoms with Crippen molar-refractivity contribution in [2.75, 3.05) is 26.4 Å². The maximum atomic E-state index is 12.0. The Kier molecular flexibility index (Phi) is 9.52. The Morgan fingerprint density at radius 3 is 2.76 bits per heavy atom. The van der Waals surface area contributed by atoms with Gasteiger partial charge in [0.05, 0.1) is 31.8 Å². The van der Waals surface area contributed by atoms with Crippen molar-refractivity contribution in [3.63, 3.8) is 0 Å². The Labute approximate surface area is 194 Å². The molecule has 33 heavy (non-hydrogen) atoms. The van der Waals surface area contributed by atoms with E-state index in [1.54, 1.807) is 0 Å².